The molecule has 0 aliphatic rings. The molecule has 1 heterocycles. The molecule has 0 N–H and O–H groups in total. The van der Waals surface area contributed by atoms with Gasteiger partial charge in [-0.3, -0.25) is 0 Å². The average molecular weight is 175 g/mol. The summed E-state index contributed by atoms with van der Waals surface area (Å²) in [5.74, 6) is 0.799. The second-order valence-electron chi connectivity index (χ2n) is 2.38. The smallest absolute Gasteiger partial charge is 0.246 e. The average Bonchev–Trinajstić information content (AvgIpc) is 2.71. The molecule has 0 atom stereocenters. The fourth-order valence-corrected chi connectivity index (χ4v) is 0.970. The highest BCUT2D eigenvalue weighted by atomic mass is 16.5. The second-order valence-corrected chi connectivity index (χ2v) is 2.38. The molecular formula is C8H7N4O. The van der Waals surface area contributed by atoms with Crippen LogP contribution < -0.4 is 4.74 Å². The third-order valence-electron chi connectivity index (χ3n) is 1.62. The van der Waals surface area contributed by atoms with Crippen LogP contribution in [-0.4, -0.2) is 27.3 Å². The highest BCUT2D eigenvalue weighted by Gasteiger charge is 1.97. The van der Waals surface area contributed by atoms with Gasteiger partial charge < -0.3 is 4.74 Å². The normalized spacial score (nSPS) is 9.92. The number of tetrazole rings is 1. The molecule has 0 saturated carbocycles. The van der Waals surface area contributed by atoms with Gasteiger partial charge in [-0.25, -0.2) is 0 Å². The van der Waals surface area contributed by atoms with Gasteiger partial charge in [-0.05, 0) is 29.5 Å². The lowest BCUT2D eigenvalue weighted by molar-refractivity contribution is 0.414. The molecule has 2 aromatic rings. The molecule has 1 aromatic carbocycles. The van der Waals surface area contributed by atoms with E-state index in [2.05, 4.69) is 21.7 Å². The zero-order valence-corrected chi connectivity index (χ0v) is 7.01. The molecule has 0 saturated heterocycles. The Hall–Kier alpha value is -1.91. The molecule has 0 fully saturated rings. The van der Waals surface area contributed by atoms with Crippen molar-refractivity contribution in [1.82, 2.24) is 20.2 Å². The first kappa shape index (κ1) is 7.72. The SMILES string of the molecule is COc1ccc(-n2n[c]nn2)cc1. The molecular weight excluding hydrogens is 168 g/mol. The Morgan fingerprint density at radius 1 is 1.31 bits per heavy atom. The first-order valence-electron chi connectivity index (χ1n) is 3.70. The number of nitrogens with zero attached hydrogens (tertiary/aromatic N) is 4. The molecule has 2 rings (SSSR count). The Kier molecular flexibility index (Phi) is 1.91. The zero-order valence-electron chi connectivity index (χ0n) is 7.01. The van der Waals surface area contributed by atoms with E-state index in [-0.39, 0.29) is 0 Å². The van der Waals surface area contributed by atoms with Crippen molar-refractivity contribution in [3.8, 4) is 11.4 Å². The van der Waals surface area contributed by atoms with Crippen molar-refractivity contribution < 1.29 is 4.74 Å². The van der Waals surface area contributed by atoms with Crippen LogP contribution in [-0.2, 0) is 0 Å². The van der Waals surface area contributed by atoms with Gasteiger partial charge in [0.15, 0.2) is 0 Å². The van der Waals surface area contributed by atoms with Crippen LogP contribution >= 0.6 is 0 Å². The van der Waals surface area contributed by atoms with Crippen LogP contribution in [0.25, 0.3) is 5.69 Å². The van der Waals surface area contributed by atoms with Gasteiger partial charge >= 0.3 is 0 Å². The van der Waals surface area contributed by atoms with Crippen molar-refractivity contribution >= 4 is 0 Å². The number of rotatable bonds is 2. The molecule has 0 aliphatic heterocycles. The van der Waals surface area contributed by atoms with Gasteiger partial charge in [0.1, 0.15) is 5.75 Å². The van der Waals surface area contributed by atoms with E-state index in [9.17, 15) is 0 Å². The van der Waals surface area contributed by atoms with Crippen molar-refractivity contribution in [2.75, 3.05) is 7.11 Å². The minimum Gasteiger partial charge on any atom is -0.497 e. The summed E-state index contributed by atoms with van der Waals surface area (Å²) in [6.45, 7) is 0. The van der Waals surface area contributed by atoms with Crippen molar-refractivity contribution in [1.29, 1.82) is 0 Å². The number of benzene rings is 1. The molecule has 0 amide bonds. The summed E-state index contributed by atoms with van der Waals surface area (Å²) in [6, 6.07) is 7.35. The van der Waals surface area contributed by atoms with E-state index in [1.54, 1.807) is 7.11 Å². The van der Waals surface area contributed by atoms with E-state index in [1.807, 2.05) is 24.3 Å². The number of aromatic nitrogens is 4. The highest BCUT2D eigenvalue weighted by Crippen LogP contribution is 2.12. The summed E-state index contributed by atoms with van der Waals surface area (Å²) >= 11 is 0. The fraction of sp³-hybridized carbons (Fsp3) is 0.125. The van der Waals surface area contributed by atoms with E-state index in [0.717, 1.165) is 11.4 Å². The lowest BCUT2D eigenvalue weighted by Crippen LogP contribution is -1.98. The number of methoxy groups -OCH3 is 1. The maximum atomic E-state index is 5.01. The van der Waals surface area contributed by atoms with Crippen LogP contribution in [0.1, 0.15) is 0 Å². The topological polar surface area (TPSA) is 52.8 Å². The molecule has 65 valence electrons. The lowest BCUT2D eigenvalue weighted by atomic mass is 10.3. The zero-order chi connectivity index (χ0) is 9.10. The van der Waals surface area contributed by atoms with Crippen molar-refractivity contribution in [3.05, 3.63) is 30.6 Å². The predicted molar refractivity (Wildman–Crippen MR) is 44.5 cm³/mol. The Bertz CT molecular complexity index is 368. The van der Waals surface area contributed by atoms with E-state index in [4.69, 9.17) is 4.74 Å². The monoisotopic (exact) mass is 175 g/mol. The van der Waals surface area contributed by atoms with Crippen LogP contribution in [0.15, 0.2) is 24.3 Å². The minimum absolute atomic E-state index is 0.799. The molecule has 0 bridgehead atoms. The van der Waals surface area contributed by atoms with E-state index < -0.39 is 0 Å². The van der Waals surface area contributed by atoms with Gasteiger partial charge in [0.05, 0.1) is 12.8 Å². The largest absolute Gasteiger partial charge is 0.497 e. The molecule has 1 aromatic heterocycles. The summed E-state index contributed by atoms with van der Waals surface area (Å²) in [7, 11) is 1.62. The first-order chi connectivity index (χ1) is 6.40. The van der Waals surface area contributed by atoms with Gasteiger partial charge in [0.25, 0.3) is 0 Å². The number of hydrogen-bond donors (Lipinski definition) is 0. The molecule has 0 aliphatic carbocycles. The van der Waals surface area contributed by atoms with E-state index in [0.29, 0.717) is 0 Å². The van der Waals surface area contributed by atoms with Crippen LogP contribution in [0.3, 0.4) is 0 Å². The summed E-state index contributed by atoms with van der Waals surface area (Å²) in [4.78, 5) is 1.39. The molecule has 1 radical (unpaired) electrons. The molecule has 0 unspecified atom stereocenters. The molecule has 5 nitrogen and oxygen atoms in total. The van der Waals surface area contributed by atoms with Gasteiger partial charge in [0, 0.05) is 0 Å². The number of hydrogen-bond acceptors (Lipinski definition) is 4. The summed E-state index contributed by atoms with van der Waals surface area (Å²) < 4.78 is 5.01. The van der Waals surface area contributed by atoms with Gasteiger partial charge in [0.2, 0.25) is 6.33 Å². The van der Waals surface area contributed by atoms with E-state index in [1.165, 1.54) is 4.80 Å². The van der Waals surface area contributed by atoms with Crippen molar-refractivity contribution in [2.24, 2.45) is 0 Å². The Balaban J connectivity index is 2.33. The second kappa shape index (κ2) is 3.22. The van der Waals surface area contributed by atoms with E-state index >= 15 is 0 Å². The molecule has 13 heavy (non-hydrogen) atoms. The first-order valence-corrected chi connectivity index (χ1v) is 3.70. The number of ether oxygens (including phenoxy) is 1. The van der Waals surface area contributed by atoms with Crippen LogP contribution in [0, 0.1) is 6.33 Å². The Morgan fingerprint density at radius 3 is 2.62 bits per heavy atom. The van der Waals surface area contributed by atoms with Crippen molar-refractivity contribution in [2.45, 2.75) is 0 Å². The van der Waals surface area contributed by atoms with Gasteiger partial charge in [-0.15, -0.1) is 15.0 Å². The van der Waals surface area contributed by atoms with Crippen LogP contribution in [0.2, 0.25) is 0 Å². The lowest BCUT2D eigenvalue weighted by Gasteiger charge is -2.00. The molecule has 5 heteroatoms. The predicted octanol–water partition coefficient (Wildman–Crippen LogP) is 0.471. The van der Waals surface area contributed by atoms with Crippen LogP contribution in [0.5, 0.6) is 5.75 Å². The Labute approximate surface area is 75.0 Å². The third-order valence-corrected chi connectivity index (χ3v) is 1.62. The summed E-state index contributed by atoms with van der Waals surface area (Å²) in [5.41, 5.74) is 0.828. The standard InChI is InChI=1S/C8H7N4O/c1-13-8-4-2-7(3-5-8)12-10-6-9-11-12/h2-5H,1H3. The van der Waals surface area contributed by atoms with Gasteiger partial charge in [-0.2, -0.15) is 0 Å². The maximum Gasteiger partial charge on any atom is 0.246 e. The minimum atomic E-state index is 0.799. The quantitative estimate of drug-likeness (QED) is 0.665. The van der Waals surface area contributed by atoms with Crippen molar-refractivity contribution in [3.63, 3.8) is 0 Å². The van der Waals surface area contributed by atoms with Crippen LogP contribution in [0.4, 0.5) is 0 Å². The summed E-state index contributed by atoms with van der Waals surface area (Å²) in [5, 5.41) is 11.0. The Morgan fingerprint density at radius 2 is 2.08 bits per heavy atom. The molecule has 0 spiro atoms. The fourth-order valence-electron chi connectivity index (χ4n) is 0.970. The maximum absolute atomic E-state index is 5.01. The highest BCUT2D eigenvalue weighted by molar-refractivity contribution is 5.35. The third kappa shape index (κ3) is 1.48. The van der Waals surface area contributed by atoms with Gasteiger partial charge in [-0.1, -0.05) is 0 Å². The summed E-state index contributed by atoms with van der Waals surface area (Å²) in [6.07, 6.45) is 2.38.